The van der Waals surface area contributed by atoms with E-state index < -0.39 is 0 Å². The predicted molar refractivity (Wildman–Crippen MR) is 0 cm³/mol. The average Bonchev–Trinajstić information content (AvgIpc) is 0. The molecule has 0 fully saturated rings. The molecule has 0 saturated heterocycles. The Morgan fingerprint density at radius 1 is 0.750 bits per heavy atom. The summed E-state index contributed by atoms with van der Waals surface area (Å²) in [5.41, 5.74) is 0. The zero-order valence-corrected chi connectivity index (χ0v) is 4.95. The summed E-state index contributed by atoms with van der Waals surface area (Å²) in [4.78, 5) is 0. The molecule has 0 aromatic carbocycles. The fourth-order valence-electron chi connectivity index (χ4n) is 0. The smallest absolute Gasteiger partial charge is 1.00 e. The molecule has 0 saturated carbocycles. The Balaban J connectivity index is 0. The number of hydrogen-bond donors (Lipinski definition) is 0. The van der Waals surface area contributed by atoms with Gasteiger partial charge in [0.1, 0.15) is 0 Å². The molecule has 0 heterocycles. The summed E-state index contributed by atoms with van der Waals surface area (Å²) in [5.74, 6) is 0. The largest absolute Gasteiger partial charge is 2.00 e. The fourth-order valence-corrected chi connectivity index (χ4v) is 0. The van der Waals surface area contributed by atoms with Crippen molar-refractivity contribution < 1.29 is 58.1 Å². The van der Waals surface area contributed by atoms with Crippen LogP contribution in [0.25, 0.3) is 0 Å². The second kappa shape index (κ2) is 23.5. The van der Waals surface area contributed by atoms with Gasteiger partial charge < -0.3 is 24.8 Å². The SMILES string of the molecule is [Cl-].[Cl-].[Co].[Ni+2]. The average molecular weight is 189 g/mol. The number of halogens is 2. The van der Waals surface area contributed by atoms with Crippen LogP contribution in [0.2, 0.25) is 0 Å². The standard InChI is InChI=1S/2ClH.Co.Ni/h2*1H;;/q;;;+2/p-2. The van der Waals surface area contributed by atoms with Crippen LogP contribution < -0.4 is 24.8 Å². The van der Waals surface area contributed by atoms with E-state index in [1.54, 1.807) is 0 Å². The summed E-state index contributed by atoms with van der Waals surface area (Å²) in [5, 5.41) is 0. The molecule has 0 spiro atoms. The third kappa shape index (κ3) is 9.55. The molecular weight excluding hydrogens is 189 g/mol. The molecule has 0 rings (SSSR count). The maximum atomic E-state index is 0. The van der Waals surface area contributed by atoms with E-state index in [1.807, 2.05) is 0 Å². The minimum absolute atomic E-state index is 0. The van der Waals surface area contributed by atoms with Crippen molar-refractivity contribution in [3.63, 3.8) is 0 Å². The van der Waals surface area contributed by atoms with Gasteiger partial charge in [-0.15, -0.1) is 0 Å². The fraction of sp³-hybridized carbons (Fsp3) is 0. The van der Waals surface area contributed by atoms with Gasteiger partial charge in [-0.2, -0.15) is 0 Å². The third-order valence-electron chi connectivity index (χ3n) is 0. The van der Waals surface area contributed by atoms with Gasteiger partial charge in [0.25, 0.3) is 0 Å². The van der Waals surface area contributed by atoms with E-state index in [1.165, 1.54) is 0 Å². The van der Waals surface area contributed by atoms with Gasteiger partial charge in [-0.05, 0) is 0 Å². The van der Waals surface area contributed by atoms with Crippen LogP contribution in [0.15, 0.2) is 0 Å². The maximum absolute atomic E-state index is 0. The molecule has 0 aromatic heterocycles. The van der Waals surface area contributed by atoms with E-state index in [0.29, 0.717) is 0 Å². The van der Waals surface area contributed by atoms with Gasteiger partial charge >= 0.3 is 16.5 Å². The molecule has 0 bridgehead atoms. The predicted octanol–water partition coefficient (Wildman–Crippen LogP) is -6.00. The quantitative estimate of drug-likeness (QED) is 0.332. The molecule has 0 aliphatic heterocycles. The molecule has 0 aromatic rings. The molecule has 0 atom stereocenters. The minimum Gasteiger partial charge on any atom is -1.00 e. The Labute approximate surface area is 58.0 Å². The maximum Gasteiger partial charge on any atom is 2.00 e. The van der Waals surface area contributed by atoms with E-state index in [4.69, 9.17) is 0 Å². The van der Waals surface area contributed by atoms with Gasteiger partial charge in [-0.3, -0.25) is 0 Å². The molecule has 0 aliphatic carbocycles. The Bertz CT molecular complexity index is 6.00. The van der Waals surface area contributed by atoms with Crippen molar-refractivity contribution in [2.75, 3.05) is 0 Å². The van der Waals surface area contributed by atoms with Gasteiger partial charge in [-0.25, -0.2) is 0 Å². The van der Waals surface area contributed by atoms with Crippen LogP contribution in [0.4, 0.5) is 0 Å². The second-order valence-corrected chi connectivity index (χ2v) is 0. The van der Waals surface area contributed by atoms with E-state index in [-0.39, 0.29) is 58.1 Å². The molecule has 1 radical (unpaired) electrons. The summed E-state index contributed by atoms with van der Waals surface area (Å²) < 4.78 is 0. The normalized spacial score (nSPS) is 0. The zero-order chi connectivity index (χ0) is 0. The van der Waals surface area contributed by atoms with Crippen molar-refractivity contribution >= 4 is 0 Å². The molecule has 4 heteroatoms. The summed E-state index contributed by atoms with van der Waals surface area (Å²) in [6.07, 6.45) is 0. The van der Waals surface area contributed by atoms with E-state index >= 15 is 0 Å². The summed E-state index contributed by atoms with van der Waals surface area (Å²) in [7, 11) is 0. The van der Waals surface area contributed by atoms with Crippen LogP contribution in [-0.2, 0) is 33.3 Å². The Morgan fingerprint density at radius 3 is 0.750 bits per heavy atom. The van der Waals surface area contributed by atoms with Crippen molar-refractivity contribution in [2.45, 2.75) is 0 Å². The van der Waals surface area contributed by atoms with Crippen LogP contribution in [-0.4, -0.2) is 0 Å². The van der Waals surface area contributed by atoms with Gasteiger partial charge in [0.05, 0.1) is 0 Å². The molecule has 33 valence electrons. The molecule has 0 N–H and O–H groups in total. The van der Waals surface area contributed by atoms with Gasteiger partial charge in [0.15, 0.2) is 0 Å². The molecule has 4 heavy (non-hydrogen) atoms. The van der Waals surface area contributed by atoms with Crippen molar-refractivity contribution in [1.82, 2.24) is 0 Å². The molecule has 0 amide bonds. The summed E-state index contributed by atoms with van der Waals surface area (Å²) in [6, 6.07) is 0. The second-order valence-electron chi connectivity index (χ2n) is 0. The van der Waals surface area contributed by atoms with Gasteiger partial charge in [0, 0.05) is 16.8 Å². The molecular formula is Cl2CoNi. The van der Waals surface area contributed by atoms with E-state index in [0.717, 1.165) is 0 Å². The number of hydrogen-bond acceptors (Lipinski definition) is 0. The molecule has 0 nitrogen and oxygen atoms in total. The van der Waals surface area contributed by atoms with E-state index in [9.17, 15) is 0 Å². The summed E-state index contributed by atoms with van der Waals surface area (Å²) in [6.45, 7) is 0. The zero-order valence-electron chi connectivity index (χ0n) is 1.41. The Hall–Kier alpha value is 1.58. The molecule has 0 unspecified atom stereocenters. The van der Waals surface area contributed by atoms with Crippen molar-refractivity contribution in [2.24, 2.45) is 0 Å². The summed E-state index contributed by atoms with van der Waals surface area (Å²) >= 11 is 0. The van der Waals surface area contributed by atoms with Crippen LogP contribution in [0.3, 0.4) is 0 Å². The first-order valence-electron chi connectivity index (χ1n) is 0. The van der Waals surface area contributed by atoms with Crippen molar-refractivity contribution in [3.05, 3.63) is 0 Å². The first-order chi connectivity index (χ1) is 0. The Morgan fingerprint density at radius 2 is 0.750 bits per heavy atom. The minimum atomic E-state index is 0. The van der Waals surface area contributed by atoms with E-state index in [2.05, 4.69) is 0 Å². The van der Waals surface area contributed by atoms with Crippen LogP contribution in [0.5, 0.6) is 0 Å². The van der Waals surface area contributed by atoms with Crippen LogP contribution >= 0.6 is 0 Å². The van der Waals surface area contributed by atoms with Crippen molar-refractivity contribution in [1.29, 1.82) is 0 Å². The number of rotatable bonds is 0. The first kappa shape index (κ1) is 46.9. The topological polar surface area (TPSA) is 0 Å². The third-order valence-corrected chi connectivity index (χ3v) is 0. The Kier molecular flexibility index (Phi) is 276. The van der Waals surface area contributed by atoms with Crippen LogP contribution in [0, 0.1) is 0 Å². The van der Waals surface area contributed by atoms with Crippen LogP contribution in [0.1, 0.15) is 0 Å². The van der Waals surface area contributed by atoms with Gasteiger partial charge in [0.2, 0.25) is 0 Å². The first-order valence-corrected chi connectivity index (χ1v) is 0. The monoisotopic (exact) mass is 187 g/mol. The van der Waals surface area contributed by atoms with Crippen molar-refractivity contribution in [3.8, 4) is 0 Å². The van der Waals surface area contributed by atoms with Gasteiger partial charge in [-0.1, -0.05) is 0 Å². The molecule has 0 aliphatic rings.